The second-order valence-corrected chi connectivity index (χ2v) is 10.8. The van der Waals surface area contributed by atoms with E-state index in [9.17, 15) is 9.59 Å². The minimum atomic E-state index is -0.832. The summed E-state index contributed by atoms with van der Waals surface area (Å²) in [5.74, 6) is 1.23. The molecule has 1 aromatic carbocycles. The third kappa shape index (κ3) is 3.75. The molecule has 4 fully saturated rings. The molecule has 6 heteroatoms. The molecule has 3 heterocycles. The van der Waals surface area contributed by atoms with Crippen LogP contribution in [-0.4, -0.2) is 47.9 Å². The van der Waals surface area contributed by atoms with E-state index in [1.165, 1.54) is 0 Å². The highest BCUT2D eigenvalue weighted by atomic mass is 35.5. The largest absolute Gasteiger partial charge is 0.354 e. The van der Waals surface area contributed by atoms with Gasteiger partial charge in [-0.15, -0.1) is 0 Å². The molecule has 1 saturated carbocycles. The van der Waals surface area contributed by atoms with Crippen LogP contribution in [0.25, 0.3) is 0 Å². The lowest BCUT2D eigenvalue weighted by molar-refractivity contribution is -0.154. The number of carbonyl (C=O) groups excluding carboxylic acids is 2. The van der Waals surface area contributed by atoms with Crippen LogP contribution < -0.4 is 10.6 Å². The number of fused-ring (bicyclic) bond motifs is 1. The third-order valence-electron chi connectivity index (χ3n) is 7.09. The Balaban J connectivity index is 1.71. The summed E-state index contributed by atoms with van der Waals surface area (Å²) in [7, 11) is 0. The van der Waals surface area contributed by atoms with Gasteiger partial charge in [0.1, 0.15) is 5.54 Å². The van der Waals surface area contributed by atoms with Gasteiger partial charge in [0.05, 0.1) is 5.92 Å². The number of benzene rings is 1. The second-order valence-electron chi connectivity index (χ2n) is 10.3. The summed E-state index contributed by atoms with van der Waals surface area (Å²) in [6.07, 6.45) is 1.49. The van der Waals surface area contributed by atoms with Gasteiger partial charge in [0.15, 0.2) is 0 Å². The van der Waals surface area contributed by atoms with Crippen molar-refractivity contribution in [2.75, 3.05) is 19.6 Å². The van der Waals surface area contributed by atoms with Crippen LogP contribution in [0.15, 0.2) is 24.3 Å². The van der Waals surface area contributed by atoms with E-state index in [0.29, 0.717) is 23.4 Å². The van der Waals surface area contributed by atoms with Crippen molar-refractivity contribution in [3.8, 4) is 0 Å². The molecule has 0 aromatic heterocycles. The van der Waals surface area contributed by atoms with Crippen molar-refractivity contribution in [2.24, 2.45) is 29.6 Å². The summed E-state index contributed by atoms with van der Waals surface area (Å²) >= 11 is 6.10. The lowest BCUT2D eigenvalue weighted by Gasteiger charge is -2.55. The summed E-state index contributed by atoms with van der Waals surface area (Å²) in [5, 5.41) is 7.06. The molecular weight excluding hydrogens is 398 g/mol. The van der Waals surface area contributed by atoms with Gasteiger partial charge in [-0.05, 0) is 48.3 Å². The zero-order valence-corrected chi connectivity index (χ0v) is 19.2. The maximum atomic E-state index is 13.6. The van der Waals surface area contributed by atoms with Gasteiger partial charge in [0.25, 0.3) is 0 Å². The van der Waals surface area contributed by atoms with Gasteiger partial charge in [0, 0.05) is 36.6 Å². The number of rotatable bonds is 7. The molecule has 3 aliphatic heterocycles. The zero-order chi connectivity index (χ0) is 21.6. The standard InChI is InChI=1S/C24H34ClN3O2/c1-14(2)11-26-23(30)24-10-17-13-28(12-15(3)4)21(20(17)22(29)27-24)19(24)9-16-5-7-18(25)8-6-16/h5-8,14-15,17,19-21H,9-13H2,1-4H3,(H,26,30)(H,27,29). The molecule has 164 valence electrons. The number of carbonyl (C=O) groups is 2. The highest BCUT2D eigenvalue weighted by Crippen LogP contribution is 2.53. The SMILES string of the molecule is CC(C)CNC(=O)C12CC3CN(CC(C)C)C(C3C(=O)N1)C2Cc1ccc(Cl)cc1. The number of halogens is 1. The average molecular weight is 432 g/mol. The Morgan fingerprint density at radius 2 is 1.93 bits per heavy atom. The monoisotopic (exact) mass is 431 g/mol. The lowest BCUT2D eigenvalue weighted by atomic mass is 9.57. The summed E-state index contributed by atoms with van der Waals surface area (Å²) in [4.78, 5) is 29.2. The van der Waals surface area contributed by atoms with Crippen molar-refractivity contribution in [3.05, 3.63) is 34.9 Å². The molecule has 5 unspecified atom stereocenters. The number of nitrogens with one attached hydrogen (secondary N) is 2. The van der Waals surface area contributed by atoms with E-state index in [1.807, 2.05) is 24.3 Å². The first-order valence-electron chi connectivity index (χ1n) is 11.3. The van der Waals surface area contributed by atoms with E-state index in [2.05, 4.69) is 43.2 Å². The van der Waals surface area contributed by atoms with Gasteiger partial charge >= 0.3 is 0 Å². The number of hydrogen-bond acceptors (Lipinski definition) is 3. The Labute approximate surface area is 184 Å². The Morgan fingerprint density at radius 1 is 1.23 bits per heavy atom. The van der Waals surface area contributed by atoms with E-state index in [1.54, 1.807) is 0 Å². The number of piperidine rings is 2. The smallest absolute Gasteiger partial charge is 0.246 e. The van der Waals surface area contributed by atoms with Crippen LogP contribution in [0.5, 0.6) is 0 Å². The van der Waals surface area contributed by atoms with Crippen LogP contribution in [-0.2, 0) is 16.0 Å². The first kappa shape index (κ1) is 21.6. The van der Waals surface area contributed by atoms with Gasteiger partial charge in [-0.25, -0.2) is 0 Å². The maximum Gasteiger partial charge on any atom is 0.246 e. The number of likely N-dealkylation sites (tertiary alicyclic amines) is 1. The van der Waals surface area contributed by atoms with Crippen LogP contribution in [0.1, 0.15) is 39.7 Å². The first-order chi connectivity index (χ1) is 14.2. The van der Waals surface area contributed by atoms with Crippen molar-refractivity contribution >= 4 is 23.4 Å². The van der Waals surface area contributed by atoms with Crippen molar-refractivity contribution in [1.29, 1.82) is 0 Å². The zero-order valence-electron chi connectivity index (χ0n) is 18.5. The van der Waals surface area contributed by atoms with E-state index >= 15 is 0 Å². The molecule has 2 N–H and O–H groups in total. The van der Waals surface area contributed by atoms with E-state index in [-0.39, 0.29) is 35.6 Å². The molecule has 0 radical (unpaired) electrons. The predicted octanol–water partition coefficient (Wildman–Crippen LogP) is 3.12. The molecule has 2 amide bonds. The summed E-state index contributed by atoms with van der Waals surface area (Å²) in [5.41, 5.74) is 0.330. The topological polar surface area (TPSA) is 61.4 Å². The van der Waals surface area contributed by atoms with Crippen LogP contribution in [0.2, 0.25) is 5.02 Å². The van der Waals surface area contributed by atoms with Crippen molar-refractivity contribution in [2.45, 2.75) is 52.1 Å². The summed E-state index contributed by atoms with van der Waals surface area (Å²) < 4.78 is 0. The van der Waals surface area contributed by atoms with Crippen molar-refractivity contribution < 1.29 is 9.59 Å². The van der Waals surface area contributed by atoms with Gasteiger partial charge in [-0.2, -0.15) is 0 Å². The van der Waals surface area contributed by atoms with E-state index < -0.39 is 5.54 Å². The first-order valence-corrected chi connectivity index (χ1v) is 11.7. The highest BCUT2D eigenvalue weighted by molar-refractivity contribution is 6.30. The molecule has 0 spiro atoms. The van der Waals surface area contributed by atoms with Gasteiger partial charge < -0.3 is 10.6 Å². The summed E-state index contributed by atoms with van der Waals surface area (Å²) in [6.45, 7) is 11.1. The van der Waals surface area contributed by atoms with E-state index in [0.717, 1.165) is 31.5 Å². The molecule has 5 atom stereocenters. The lowest BCUT2D eigenvalue weighted by Crippen LogP contribution is -2.76. The average Bonchev–Trinajstić information content (AvgIpc) is 2.97. The minimum absolute atomic E-state index is 0.0111. The molecule has 5 rings (SSSR count). The number of hydrogen-bond donors (Lipinski definition) is 2. The van der Waals surface area contributed by atoms with E-state index in [4.69, 9.17) is 11.6 Å². The Hall–Kier alpha value is -1.59. The molecule has 3 saturated heterocycles. The molecule has 30 heavy (non-hydrogen) atoms. The molecular formula is C24H34ClN3O2. The molecule has 4 bridgehead atoms. The highest BCUT2D eigenvalue weighted by Gasteiger charge is 2.67. The fourth-order valence-corrected chi connectivity index (χ4v) is 6.14. The van der Waals surface area contributed by atoms with Crippen molar-refractivity contribution in [1.82, 2.24) is 15.5 Å². The van der Waals surface area contributed by atoms with Gasteiger partial charge in [-0.1, -0.05) is 51.4 Å². The quantitative estimate of drug-likeness (QED) is 0.697. The molecule has 1 aliphatic carbocycles. The minimum Gasteiger partial charge on any atom is -0.354 e. The Bertz CT molecular complexity index is 809. The Kier molecular flexibility index (Phi) is 5.88. The fraction of sp³-hybridized carbons (Fsp3) is 0.667. The van der Waals surface area contributed by atoms with Crippen LogP contribution >= 0.6 is 11.6 Å². The van der Waals surface area contributed by atoms with Gasteiger partial charge in [0.2, 0.25) is 11.8 Å². The molecule has 1 aromatic rings. The molecule has 5 nitrogen and oxygen atoms in total. The third-order valence-corrected chi connectivity index (χ3v) is 7.34. The van der Waals surface area contributed by atoms with Crippen LogP contribution in [0.3, 0.4) is 0 Å². The fourth-order valence-electron chi connectivity index (χ4n) is 6.02. The normalized spacial score (nSPS) is 32.7. The Morgan fingerprint density at radius 3 is 2.57 bits per heavy atom. The van der Waals surface area contributed by atoms with Crippen molar-refractivity contribution in [3.63, 3.8) is 0 Å². The summed E-state index contributed by atoms with van der Waals surface area (Å²) in [6, 6.07) is 8.02. The van der Waals surface area contributed by atoms with Gasteiger partial charge in [-0.3, -0.25) is 14.5 Å². The molecule has 4 aliphatic rings. The maximum absolute atomic E-state index is 13.6. The van der Waals surface area contributed by atoms with Crippen LogP contribution in [0.4, 0.5) is 0 Å². The predicted molar refractivity (Wildman–Crippen MR) is 119 cm³/mol. The second kappa shape index (κ2) is 8.16. The number of amides is 2. The van der Waals surface area contributed by atoms with Crippen LogP contribution in [0, 0.1) is 29.6 Å². The number of nitrogens with zero attached hydrogens (tertiary/aromatic N) is 1.